The van der Waals surface area contributed by atoms with E-state index in [1.165, 1.54) is 6.42 Å². The largest absolute Gasteiger partial charge is 0.312 e. The number of hydrogen-bond donors (Lipinski definition) is 1. The maximum Gasteiger partial charge on any atom is 0.0237 e. The standard InChI is InChI=1S/C13H30N2/c1-8-11(4)12(5)14-9-13(10(2)3)15(6)7/h10-14H,8-9H2,1-7H3. The fourth-order valence-electron chi connectivity index (χ4n) is 1.88. The van der Waals surface area contributed by atoms with E-state index in [4.69, 9.17) is 0 Å². The molecule has 2 nitrogen and oxygen atoms in total. The van der Waals surface area contributed by atoms with Gasteiger partial charge in [-0.25, -0.2) is 0 Å². The Morgan fingerprint density at radius 1 is 1.07 bits per heavy atom. The highest BCUT2D eigenvalue weighted by Crippen LogP contribution is 2.10. The molecule has 0 fully saturated rings. The van der Waals surface area contributed by atoms with E-state index >= 15 is 0 Å². The monoisotopic (exact) mass is 214 g/mol. The number of rotatable bonds is 7. The maximum absolute atomic E-state index is 3.65. The lowest BCUT2D eigenvalue weighted by molar-refractivity contribution is 0.212. The van der Waals surface area contributed by atoms with Crippen LogP contribution < -0.4 is 5.32 Å². The lowest BCUT2D eigenvalue weighted by Gasteiger charge is -2.30. The number of nitrogens with zero attached hydrogens (tertiary/aromatic N) is 1. The van der Waals surface area contributed by atoms with Gasteiger partial charge in [-0.05, 0) is 32.9 Å². The smallest absolute Gasteiger partial charge is 0.0237 e. The van der Waals surface area contributed by atoms with Crippen LogP contribution in [-0.4, -0.2) is 37.6 Å². The molecular weight excluding hydrogens is 184 g/mol. The Balaban J connectivity index is 3.99. The zero-order chi connectivity index (χ0) is 12.0. The van der Waals surface area contributed by atoms with Crippen molar-refractivity contribution in [3.63, 3.8) is 0 Å². The molecule has 0 aromatic carbocycles. The molecule has 92 valence electrons. The molecule has 3 atom stereocenters. The van der Waals surface area contributed by atoms with Gasteiger partial charge in [0.05, 0.1) is 0 Å². The average molecular weight is 214 g/mol. The highest BCUT2D eigenvalue weighted by atomic mass is 15.1. The van der Waals surface area contributed by atoms with Crippen molar-refractivity contribution in [2.24, 2.45) is 11.8 Å². The summed E-state index contributed by atoms with van der Waals surface area (Å²) in [6.07, 6.45) is 1.25. The Bertz CT molecular complexity index is 147. The Morgan fingerprint density at radius 2 is 1.60 bits per heavy atom. The SMILES string of the molecule is CCC(C)C(C)NCC(C(C)C)N(C)C. The molecule has 0 saturated carbocycles. The molecular formula is C13H30N2. The highest BCUT2D eigenvalue weighted by molar-refractivity contribution is 4.76. The normalized spacial score (nSPS) is 18.2. The molecule has 0 aliphatic heterocycles. The van der Waals surface area contributed by atoms with Crippen molar-refractivity contribution in [1.29, 1.82) is 0 Å². The molecule has 0 radical (unpaired) electrons. The molecule has 15 heavy (non-hydrogen) atoms. The van der Waals surface area contributed by atoms with Gasteiger partial charge in [-0.1, -0.05) is 34.1 Å². The second-order valence-corrected chi connectivity index (χ2v) is 5.36. The first-order chi connectivity index (χ1) is 6.90. The Labute approximate surface area is 96.4 Å². The van der Waals surface area contributed by atoms with E-state index in [-0.39, 0.29) is 0 Å². The Morgan fingerprint density at radius 3 is 1.93 bits per heavy atom. The second kappa shape index (κ2) is 7.24. The molecule has 0 aliphatic rings. The molecule has 0 aliphatic carbocycles. The van der Waals surface area contributed by atoms with Gasteiger partial charge >= 0.3 is 0 Å². The summed E-state index contributed by atoms with van der Waals surface area (Å²) in [6.45, 7) is 12.5. The predicted octanol–water partition coefficient (Wildman–Crippen LogP) is 2.60. The van der Waals surface area contributed by atoms with Crippen LogP contribution in [0.15, 0.2) is 0 Å². The lowest BCUT2D eigenvalue weighted by atomic mass is 9.99. The summed E-state index contributed by atoms with van der Waals surface area (Å²) in [5, 5.41) is 3.65. The number of hydrogen-bond acceptors (Lipinski definition) is 2. The van der Waals surface area contributed by atoms with Gasteiger partial charge in [-0.15, -0.1) is 0 Å². The second-order valence-electron chi connectivity index (χ2n) is 5.36. The fraction of sp³-hybridized carbons (Fsp3) is 1.00. The quantitative estimate of drug-likeness (QED) is 0.701. The minimum atomic E-state index is 0.621. The number of nitrogens with one attached hydrogen (secondary N) is 1. The van der Waals surface area contributed by atoms with Crippen LogP contribution in [0.4, 0.5) is 0 Å². The first-order valence-corrected chi connectivity index (χ1v) is 6.29. The van der Waals surface area contributed by atoms with Gasteiger partial charge in [-0.3, -0.25) is 0 Å². The third kappa shape index (κ3) is 5.53. The summed E-state index contributed by atoms with van der Waals surface area (Å²) >= 11 is 0. The maximum atomic E-state index is 3.65. The molecule has 0 spiro atoms. The van der Waals surface area contributed by atoms with E-state index < -0.39 is 0 Å². The summed E-state index contributed by atoms with van der Waals surface area (Å²) < 4.78 is 0. The molecule has 0 aromatic heterocycles. The van der Waals surface area contributed by atoms with Gasteiger partial charge in [0.1, 0.15) is 0 Å². The van der Waals surface area contributed by atoms with E-state index in [9.17, 15) is 0 Å². The van der Waals surface area contributed by atoms with Crippen molar-refractivity contribution in [2.75, 3.05) is 20.6 Å². The van der Waals surface area contributed by atoms with Gasteiger partial charge < -0.3 is 10.2 Å². The third-order valence-electron chi connectivity index (χ3n) is 3.58. The first-order valence-electron chi connectivity index (χ1n) is 6.29. The van der Waals surface area contributed by atoms with Crippen LogP contribution in [0, 0.1) is 11.8 Å². The summed E-state index contributed by atoms with van der Waals surface area (Å²) in [6, 6.07) is 1.26. The van der Waals surface area contributed by atoms with Crippen molar-refractivity contribution in [1.82, 2.24) is 10.2 Å². The molecule has 0 bridgehead atoms. The molecule has 0 aromatic rings. The van der Waals surface area contributed by atoms with Crippen molar-refractivity contribution in [3.8, 4) is 0 Å². The minimum absolute atomic E-state index is 0.621. The summed E-state index contributed by atoms with van der Waals surface area (Å²) in [5.41, 5.74) is 0. The molecule has 0 heterocycles. The lowest BCUT2D eigenvalue weighted by Crippen LogP contribution is -2.45. The summed E-state index contributed by atoms with van der Waals surface area (Å²) in [5.74, 6) is 1.47. The summed E-state index contributed by atoms with van der Waals surface area (Å²) in [7, 11) is 4.33. The van der Waals surface area contributed by atoms with Crippen LogP contribution in [0.1, 0.15) is 41.0 Å². The molecule has 0 saturated heterocycles. The minimum Gasteiger partial charge on any atom is -0.312 e. The zero-order valence-corrected chi connectivity index (χ0v) is 11.7. The molecule has 3 unspecified atom stereocenters. The van der Waals surface area contributed by atoms with Crippen molar-refractivity contribution in [3.05, 3.63) is 0 Å². The van der Waals surface area contributed by atoms with Gasteiger partial charge in [0, 0.05) is 18.6 Å². The average Bonchev–Trinajstić information content (AvgIpc) is 2.15. The van der Waals surface area contributed by atoms with Crippen LogP contribution in [0.3, 0.4) is 0 Å². The number of likely N-dealkylation sites (N-methyl/N-ethyl adjacent to an activating group) is 1. The summed E-state index contributed by atoms with van der Waals surface area (Å²) in [4.78, 5) is 2.32. The first kappa shape index (κ1) is 14.9. The van der Waals surface area contributed by atoms with Crippen molar-refractivity contribution in [2.45, 2.75) is 53.1 Å². The van der Waals surface area contributed by atoms with Gasteiger partial charge in [0.2, 0.25) is 0 Å². The fourth-order valence-corrected chi connectivity index (χ4v) is 1.88. The van der Waals surface area contributed by atoms with Gasteiger partial charge in [0.25, 0.3) is 0 Å². The molecule has 0 rings (SSSR count). The van der Waals surface area contributed by atoms with Crippen LogP contribution in [-0.2, 0) is 0 Å². The van der Waals surface area contributed by atoms with E-state index in [0.29, 0.717) is 18.0 Å². The van der Waals surface area contributed by atoms with E-state index in [2.05, 4.69) is 58.9 Å². The van der Waals surface area contributed by atoms with Crippen LogP contribution in [0.5, 0.6) is 0 Å². The molecule has 2 heteroatoms. The molecule has 0 amide bonds. The third-order valence-corrected chi connectivity index (χ3v) is 3.58. The Kier molecular flexibility index (Phi) is 7.20. The van der Waals surface area contributed by atoms with Gasteiger partial charge in [0.15, 0.2) is 0 Å². The van der Waals surface area contributed by atoms with E-state index in [1.54, 1.807) is 0 Å². The van der Waals surface area contributed by atoms with E-state index in [1.807, 2.05) is 0 Å². The highest BCUT2D eigenvalue weighted by Gasteiger charge is 2.17. The van der Waals surface area contributed by atoms with Crippen LogP contribution >= 0.6 is 0 Å². The van der Waals surface area contributed by atoms with Gasteiger partial charge in [-0.2, -0.15) is 0 Å². The van der Waals surface area contributed by atoms with Crippen molar-refractivity contribution >= 4 is 0 Å². The van der Waals surface area contributed by atoms with Crippen molar-refractivity contribution < 1.29 is 0 Å². The zero-order valence-electron chi connectivity index (χ0n) is 11.7. The predicted molar refractivity (Wildman–Crippen MR) is 69.2 cm³/mol. The van der Waals surface area contributed by atoms with E-state index in [0.717, 1.165) is 12.5 Å². The van der Waals surface area contributed by atoms with Crippen LogP contribution in [0.25, 0.3) is 0 Å². The topological polar surface area (TPSA) is 15.3 Å². The van der Waals surface area contributed by atoms with Crippen LogP contribution in [0.2, 0.25) is 0 Å². The Hall–Kier alpha value is -0.0800. The molecule has 1 N–H and O–H groups in total.